The van der Waals surface area contributed by atoms with Gasteiger partial charge in [-0.25, -0.2) is 4.39 Å². The van der Waals surface area contributed by atoms with Crippen LogP contribution in [0.5, 0.6) is 0 Å². The van der Waals surface area contributed by atoms with Gasteiger partial charge in [0.1, 0.15) is 13.5 Å². The third kappa shape index (κ3) is 3.77. The van der Waals surface area contributed by atoms with E-state index >= 15 is 0 Å². The molecule has 2 aliphatic carbocycles. The van der Waals surface area contributed by atoms with Crippen LogP contribution < -0.4 is 0 Å². The Morgan fingerprint density at radius 2 is 1.52 bits per heavy atom. The van der Waals surface area contributed by atoms with Gasteiger partial charge in [-0.2, -0.15) is 26.3 Å². The van der Waals surface area contributed by atoms with Gasteiger partial charge in [0.05, 0.1) is 6.61 Å². The van der Waals surface area contributed by atoms with Gasteiger partial charge < -0.3 is 9.47 Å². The highest BCUT2D eigenvalue weighted by molar-refractivity contribution is 5.04. The molecule has 0 radical (unpaired) electrons. The van der Waals surface area contributed by atoms with Crippen LogP contribution in [0.25, 0.3) is 0 Å². The Balaban J connectivity index is 2.22. The van der Waals surface area contributed by atoms with Crippen molar-refractivity contribution >= 4 is 0 Å². The van der Waals surface area contributed by atoms with Crippen LogP contribution in [-0.4, -0.2) is 38.0 Å². The third-order valence-electron chi connectivity index (χ3n) is 6.11. The monoisotopic (exact) mass is 380 g/mol. The maximum Gasteiger partial charge on any atom is 0.426 e. The lowest BCUT2D eigenvalue weighted by molar-refractivity contribution is -0.398. The predicted octanol–water partition coefficient (Wildman–Crippen LogP) is 5.13. The Morgan fingerprint density at radius 1 is 0.920 bits per heavy atom. The van der Waals surface area contributed by atoms with Crippen molar-refractivity contribution in [2.75, 3.05) is 20.1 Å². The lowest BCUT2D eigenvalue weighted by Gasteiger charge is -2.41. The number of ether oxygens (including phenoxy) is 2. The zero-order valence-corrected chi connectivity index (χ0v) is 14.1. The van der Waals surface area contributed by atoms with Crippen LogP contribution in [0.15, 0.2) is 0 Å². The van der Waals surface area contributed by atoms with Crippen molar-refractivity contribution in [1.29, 1.82) is 0 Å². The van der Waals surface area contributed by atoms with Gasteiger partial charge in [0, 0.05) is 0 Å². The van der Waals surface area contributed by atoms with Crippen LogP contribution >= 0.6 is 0 Å². The molecule has 2 saturated carbocycles. The van der Waals surface area contributed by atoms with Crippen LogP contribution in [-0.2, 0) is 9.47 Å². The molecule has 2 bridgehead atoms. The molecule has 5 atom stereocenters. The minimum Gasteiger partial charge on any atom is -0.353 e. The van der Waals surface area contributed by atoms with E-state index in [0.717, 1.165) is 0 Å². The largest absolute Gasteiger partial charge is 0.426 e. The molecule has 0 aromatic heterocycles. The molecule has 9 heteroatoms. The molecule has 0 aromatic carbocycles. The fourth-order valence-electron chi connectivity index (χ4n) is 4.57. The maximum absolute atomic E-state index is 13.5. The fourth-order valence-corrected chi connectivity index (χ4v) is 4.57. The molecule has 2 nitrogen and oxygen atoms in total. The van der Waals surface area contributed by atoms with E-state index in [1.165, 1.54) is 0 Å². The zero-order chi connectivity index (χ0) is 19.0. The van der Waals surface area contributed by atoms with Crippen molar-refractivity contribution in [3.8, 4) is 0 Å². The van der Waals surface area contributed by atoms with Crippen molar-refractivity contribution in [3.63, 3.8) is 0 Å². The Kier molecular flexibility index (Phi) is 5.98. The first-order valence-corrected chi connectivity index (χ1v) is 8.35. The molecule has 0 aliphatic heterocycles. The van der Waals surface area contributed by atoms with Gasteiger partial charge in [0.25, 0.3) is 5.60 Å². The summed E-state index contributed by atoms with van der Waals surface area (Å²) in [6.07, 6.45) is -11.4. The Morgan fingerprint density at radius 3 is 1.96 bits per heavy atom. The molecule has 0 amide bonds. The number of hydrogen-bond donors (Lipinski definition) is 0. The third-order valence-corrected chi connectivity index (χ3v) is 6.11. The number of alkyl halides is 7. The normalized spacial score (nSPS) is 33.2. The molecule has 148 valence electrons. The van der Waals surface area contributed by atoms with Crippen molar-refractivity contribution in [2.24, 2.45) is 29.6 Å². The minimum atomic E-state index is -5.64. The van der Waals surface area contributed by atoms with Crippen molar-refractivity contribution in [1.82, 2.24) is 0 Å². The molecule has 0 heterocycles. The maximum atomic E-state index is 13.5. The number of hydrogen-bond acceptors (Lipinski definition) is 2. The molecule has 2 rings (SSSR count). The second kappa shape index (κ2) is 7.21. The molecule has 25 heavy (non-hydrogen) atoms. The summed E-state index contributed by atoms with van der Waals surface area (Å²) in [5, 5.41) is 0. The number of fused-ring (bicyclic) bond motifs is 2. The van der Waals surface area contributed by atoms with Crippen LogP contribution in [0.4, 0.5) is 30.7 Å². The molecule has 2 aliphatic rings. The van der Waals surface area contributed by atoms with Crippen LogP contribution in [0, 0.1) is 29.6 Å². The first kappa shape index (κ1) is 20.7. The second-order valence-corrected chi connectivity index (χ2v) is 7.26. The van der Waals surface area contributed by atoms with Crippen molar-refractivity contribution < 1.29 is 40.2 Å². The molecular formula is C16H23F7O2. The van der Waals surface area contributed by atoms with Gasteiger partial charge >= 0.3 is 12.4 Å². The minimum absolute atomic E-state index is 0.0886. The van der Waals surface area contributed by atoms with Crippen LogP contribution in [0.3, 0.4) is 0 Å². The molecule has 0 N–H and O–H groups in total. The predicted molar refractivity (Wildman–Crippen MR) is 75.4 cm³/mol. The summed E-state index contributed by atoms with van der Waals surface area (Å²) in [5.74, 6) is -0.320. The van der Waals surface area contributed by atoms with E-state index in [2.05, 4.69) is 9.47 Å². The Hall–Kier alpha value is -0.570. The number of halogens is 7. The van der Waals surface area contributed by atoms with Crippen molar-refractivity contribution in [2.45, 2.75) is 51.1 Å². The number of rotatable bonds is 7. The van der Waals surface area contributed by atoms with Gasteiger partial charge in [-0.15, -0.1) is 0 Å². The van der Waals surface area contributed by atoms with E-state index in [4.69, 9.17) is 0 Å². The van der Waals surface area contributed by atoms with Gasteiger partial charge in [-0.1, -0.05) is 13.8 Å². The van der Waals surface area contributed by atoms with E-state index in [1.54, 1.807) is 0 Å². The summed E-state index contributed by atoms with van der Waals surface area (Å²) >= 11 is 0. The van der Waals surface area contributed by atoms with Crippen LogP contribution in [0.1, 0.15) is 33.1 Å². The molecule has 5 unspecified atom stereocenters. The molecule has 2 fully saturated rings. The van der Waals surface area contributed by atoms with E-state index in [9.17, 15) is 30.7 Å². The topological polar surface area (TPSA) is 18.5 Å². The first-order chi connectivity index (χ1) is 11.4. The highest BCUT2D eigenvalue weighted by atomic mass is 19.4. The van der Waals surface area contributed by atoms with Crippen molar-refractivity contribution in [3.05, 3.63) is 0 Å². The summed E-state index contributed by atoms with van der Waals surface area (Å²) in [6.45, 7) is 0.990. The Bertz CT molecular complexity index is 433. The lowest BCUT2D eigenvalue weighted by Crippen LogP contribution is -2.60. The summed E-state index contributed by atoms with van der Waals surface area (Å²) < 4.78 is 101. The Labute approximate surface area is 142 Å². The average molecular weight is 380 g/mol. The second-order valence-electron chi connectivity index (χ2n) is 7.26. The fraction of sp³-hybridized carbons (Fsp3) is 1.00. The quantitative estimate of drug-likeness (QED) is 0.346. The summed E-state index contributed by atoms with van der Waals surface area (Å²) in [6, 6.07) is 0. The standard InChI is InChI=1S/C16H23F7O2/c1-9-10(2)13-6-11(9)5-12(13)7-14(15(18,19)20,16(21,22)23)25-8-24-4-3-17/h9-13H,3-8H2,1-2H3. The zero-order valence-electron chi connectivity index (χ0n) is 14.1. The first-order valence-electron chi connectivity index (χ1n) is 8.35. The molecule has 0 spiro atoms. The summed E-state index contributed by atoms with van der Waals surface area (Å²) in [7, 11) is 0. The van der Waals surface area contributed by atoms with Gasteiger partial charge in [0.15, 0.2) is 0 Å². The highest BCUT2D eigenvalue weighted by Crippen LogP contribution is 2.60. The van der Waals surface area contributed by atoms with E-state index in [-0.39, 0.29) is 17.8 Å². The SMILES string of the molecule is CC1C2CC(CC(OCOCCF)(C(F)(F)F)C(F)(F)F)C(C2)C1C. The van der Waals surface area contributed by atoms with Gasteiger partial charge in [-0.05, 0) is 48.9 Å². The average Bonchev–Trinajstić information content (AvgIpc) is 3.00. The van der Waals surface area contributed by atoms with Crippen LogP contribution in [0.2, 0.25) is 0 Å². The van der Waals surface area contributed by atoms with E-state index < -0.39 is 50.4 Å². The smallest absolute Gasteiger partial charge is 0.353 e. The highest BCUT2D eigenvalue weighted by Gasteiger charge is 2.73. The van der Waals surface area contributed by atoms with E-state index in [0.29, 0.717) is 18.8 Å². The van der Waals surface area contributed by atoms with Gasteiger partial charge in [0.2, 0.25) is 0 Å². The summed E-state index contributed by atoms with van der Waals surface area (Å²) in [4.78, 5) is 0. The summed E-state index contributed by atoms with van der Waals surface area (Å²) in [5.41, 5.74) is -4.28. The lowest BCUT2D eigenvalue weighted by atomic mass is 9.71. The molecule has 0 aromatic rings. The molecular weight excluding hydrogens is 357 g/mol. The molecule has 0 saturated heterocycles. The van der Waals surface area contributed by atoms with E-state index in [1.807, 2.05) is 13.8 Å². The van der Waals surface area contributed by atoms with Gasteiger partial charge in [-0.3, -0.25) is 0 Å².